The number of aromatic hydroxyl groups is 6. The van der Waals surface area contributed by atoms with E-state index in [1.54, 1.807) is 0 Å². The number of allylic oxidation sites excluding steroid dienone is 2. The van der Waals surface area contributed by atoms with Crippen molar-refractivity contribution in [1.82, 2.24) is 0 Å². The first-order valence-corrected chi connectivity index (χ1v) is 15.7. The Morgan fingerprint density at radius 3 is 2.10 bits per heavy atom. The van der Waals surface area contributed by atoms with Gasteiger partial charge in [-0.2, -0.15) is 0 Å². The third-order valence-corrected chi connectivity index (χ3v) is 9.07. The summed E-state index contributed by atoms with van der Waals surface area (Å²) in [6, 6.07) is 12.1. The number of aliphatic hydroxyl groups is 4. The zero-order valence-electron chi connectivity index (χ0n) is 26.7. The van der Waals surface area contributed by atoms with E-state index in [0.717, 1.165) is 18.2 Å². The van der Waals surface area contributed by atoms with Crippen molar-refractivity contribution in [2.75, 3.05) is 6.61 Å². The molecule has 1 aliphatic heterocycles. The molecule has 268 valence electrons. The van der Waals surface area contributed by atoms with E-state index in [0.29, 0.717) is 0 Å². The maximum absolute atomic E-state index is 14.7. The van der Waals surface area contributed by atoms with Gasteiger partial charge in [-0.05, 0) is 65.6 Å². The van der Waals surface area contributed by atoms with Crippen molar-refractivity contribution in [3.8, 4) is 62.7 Å². The fourth-order valence-corrected chi connectivity index (χ4v) is 6.51. The summed E-state index contributed by atoms with van der Waals surface area (Å²) in [7, 11) is 0. The number of hydrogen-bond donors (Lipinski definition) is 10. The van der Waals surface area contributed by atoms with Crippen LogP contribution in [0.2, 0.25) is 0 Å². The Morgan fingerprint density at radius 1 is 0.692 bits per heavy atom. The van der Waals surface area contributed by atoms with Crippen LogP contribution < -0.4 is 10.2 Å². The summed E-state index contributed by atoms with van der Waals surface area (Å²) in [5.74, 6) is -4.22. The number of benzene rings is 4. The van der Waals surface area contributed by atoms with Gasteiger partial charge in [0.15, 0.2) is 17.3 Å². The number of phenols is 6. The summed E-state index contributed by atoms with van der Waals surface area (Å²) in [5.41, 5.74) is -1.38. The van der Waals surface area contributed by atoms with Crippen molar-refractivity contribution in [2.24, 2.45) is 0 Å². The molecule has 1 saturated heterocycles. The smallest absolute Gasteiger partial charge is 0.229 e. The summed E-state index contributed by atoms with van der Waals surface area (Å²) >= 11 is 0. The number of aliphatic hydroxyl groups excluding tert-OH is 4. The van der Waals surface area contributed by atoms with Gasteiger partial charge >= 0.3 is 0 Å². The Balaban J connectivity index is 1.55. The lowest BCUT2D eigenvalue weighted by Crippen LogP contribution is -2.60. The van der Waals surface area contributed by atoms with Crippen molar-refractivity contribution in [3.05, 3.63) is 93.7 Å². The normalized spacial score (nSPS) is 21.5. The van der Waals surface area contributed by atoms with Crippen LogP contribution in [0, 0.1) is 0 Å². The maximum Gasteiger partial charge on any atom is 0.229 e. The second-order valence-electron chi connectivity index (χ2n) is 12.4. The average Bonchev–Trinajstić information content (AvgIpc) is 3.10. The maximum atomic E-state index is 14.7. The molecular weight excluding hydrogens is 684 g/mol. The standard InChI is InChI=1S/C37H30O15/c38-13-27-32(46)34(48)35(49)37(52-27)51-26-12-24(45)28-19(7-16(9-22(28)43)15-3-6-20(41)21(42)8-15)29(26)31-33(47)30-23(44)10-18(40)11-25(30)50-36(31)14-1-4-17(39)5-2-14/h1-6,8-12,27,32,34-35,37-42,44-46,48-49H,7,13H2/t27-,32-,34+,35-,37+/m1/s1. The molecule has 5 atom stereocenters. The monoisotopic (exact) mass is 714 g/mol. The topological polar surface area (TPSA) is 268 Å². The molecule has 1 aromatic heterocycles. The van der Waals surface area contributed by atoms with Crippen LogP contribution in [0.5, 0.6) is 40.2 Å². The van der Waals surface area contributed by atoms with Crippen molar-refractivity contribution >= 4 is 22.3 Å². The molecule has 2 heterocycles. The highest BCUT2D eigenvalue weighted by molar-refractivity contribution is 6.15. The van der Waals surface area contributed by atoms with Gasteiger partial charge in [-0.25, -0.2) is 0 Å². The molecule has 15 nitrogen and oxygen atoms in total. The molecule has 4 aromatic carbocycles. The largest absolute Gasteiger partial charge is 0.508 e. The number of hydrogen-bond acceptors (Lipinski definition) is 15. The van der Waals surface area contributed by atoms with Crippen LogP contribution in [0.15, 0.2) is 76.0 Å². The van der Waals surface area contributed by atoms with Crippen molar-refractivity contribution in [1.29, 1.82) is 0 Å². The molecule has 5 aromatic rings. The molecule has 15 heteroatoms. The van der Waals surface area contributed by atoms with E-state index in [4.69, 9.17) is 13.9 Å². The van der Waals surface area contributed by atoms with E-state index in [-0.39, 0.29) is 62.5 Å². The van der Waals surface area contributed by atoms with Crippen LogP contribution >= 0.6 is 0 Å². The third kappa shape index (κ3) is 5.71. The Kier molecular flexibility index (Phi) is 8.52. The second-order valence-corrected chi connectivity index (χ2v) is 12.4. The van der Waals surface area contributed by atoms with Crippen LogP contribution in [0.3, 0.4) is 0 Å². The molecule has 0 radical (unpaired) electrons. The number of phenolic OH excluding ortho intramolecular Hbond substituents is 6. The van der Waals surface area contributed by atoms with Gasteiger partial charge in [0.1, 0.15) is 69.9 Å². The number of ketones is 1. The zero-order chi connectivity index (χ0) is 37.2. The van der Waals surface area contributed by atoms with Crippen molar-refractivity contribution in [2.45, 2.75) is 37.1 Å². The minimum Gasteiger partial charge on any atom is -0.508 e. The number of fused-ring (bicyclic) bond motifs is 2. The van der Waals surface area contributed by atoms with E-state index in [9.17, 15) is 60.7 Å². The Hall–Kier alpha value is -6.10. The van der Waals surface area contributed by atoms with Crippen LogP contribution in [-0.4, -0.2) is 94.2 Å². The quantitative estimate of drug-likeness (QED) is 0.113. The first kappa shape index (κ1) is 34.4. The molecule has 7 rings (SSSR count). The van der Waals surface area contributed by atoms with E-state index in [1.807, 2.05) is 0 Å². The summed E-state index contributed by atoms with van der Waals surface area (Å²) in [4.78, 5) is 28.5. The predicted octanol–water partition coefficient (Wildman–Crippen LogP) is 2.36. The summed E-state index contributed by atoms with van der Waals surface area (Å²) < 4.78 is 17.8. The first-order valence-electron chi connectivity index (χ1n) is 15.7. The van der Waals surface area contributed by atoms with Gasteiger partial charge in [-0.15, -0.1) is 0 Å². The lowest BCUT2D eigenvalue weighted by molar-refractivity contribution is -0.277. The molecule has 2 aliphatic rings. The highest BCUT2D eigenvalue weighted by atomic mass is 16.7. The summed E-state index contributed by atoms with van der Waals surface area (Å²) in [6.07, 6.45) is -7.90. The van der Waals surface area contributed by atoms with E-state index < -0.39 is 88.4 Å². The fourth-order valence-electron chi connectivity index (χ4n) is 6.51. The Morgan fingerprint density at radius 2 is 1.40 bits per heavy atom. The number of carbonyl (C=O) groups is 1. The number of rotatable bonds is 6. The molecule has 0 amide bonds. The molecule has 1 aliphatic carbocycles. The number of carbonyl (C=O) groups excluding carboxylic acids is 1. The van der Waals surface area contributed by atoms with Gasteiger partial charge in [0, 0.05) is 29.3 Å². The molecule has 0 bridgehead atoms. The number of ether oxygens (including phenoxy) is 2. The van der Waals surface area contributed by atoms with Crippen LogP contribution in [-0.2, 0) is 11.2 Å². The van der Waals surface area contributed by atoms with Gasteiger partial charge in [0.25, 0.3) is 0 Å². The molecular formula is C37H30O15. The molecule has 0 spiro atoms. The average molecular weight is 715 g/mol. The minimum absolute atomic E-state index is 0.0420. The van der Waals surface area contributed by atoms with Crippen LogP contribution in [0.25, 0.3) is 39.0 Å². The highest BCUT2D eigenvalue weighted by Crippen LogP contribution is 2.48. The first-order chi connectivity index (χ1) is 24.8. The molecule has 52 heavy (non-hydrogen) atoms. The van der Waals surface area contributed by atoms with Crippen molar-refractivity contribution in [3.63, 3.8) is 0 Å². The van der Waals surface area contributed by atoms with Gasteiger partial charge in [-0.3, -0.25) is 9.59 Å². The Labute approximate surface area is 292 Å². The zero-order valence-corrected chi connectivity index (χ0v) is 26.7. The van der Waals surface area contributed by atoms with Crippen LogP contribution in [0.4, 0.5) is 0 Å². The molecule has 1 fully saturated rings. The van der Waals surface area contributed by atoms with Gasteiger partial charge in [-0.1, -0.05) is 6.07 Å². The van der Waals surface area contributed by atoms with E-state index in [1.165, 1.54) is 48.5 Å². The second kappa shape index (κ2) is 12.9. The van der Waals surface area contributed by atoms with Gasteiger partial charge in [0.05, 0.1) is 17.7 Å². The van der Waals surface area contributed by atoms with Crippen LogP contribution in [0.1, 0.15) is 21.5 Å². The molecule has 0 unspecified atom stereocenters. The lowest BCUT2D eigenvalue weighted by atomic mass is 9.81. The molecule has 10 N–H and O–H groups in total. The predicted molar refractivity (Wildman–Crippen MR) is 180 cm³/mol. The van der Waals surface area contributed by atoms with Gasteiger partial charge in [0.2, 0.25) is 11.7 Å². The Bertz CT molecular complexity index is 2340. The van der Waals surface area contributed by atoms with Gasteiger partial charge < -0.3 is 65.0 Å². The summed E-state index contributed by atoms with van der Waals surface area (Å²) in [6.45, 7) is -0.805. The lowest BCUT2D eigenvalue weighted by Gasteiger charge is -2.40. The van der Waals surface area contributed by atoms with Crippen molar-refractivity contribution < 1.29 is 69.8 Å². The molecule has 0 saturated carbocycles. The highest BCUT2D eigenvalue weighted by Gasteiger charge is 2.45. The summed E-state index contributed by atoms with van der Waals surface area (Å²) in [5, 5.41) is 104. The third-order valence-electron chi connectivity index (χ3n) is 9.07. The van der Waals surface area contributed by atoms with E-state index in [2.05, 4.69) is 0 Å². The fraction of sp³-hybridized carbons (Fsp3) is 0.189. The SMILES string of the molecule is O=C1C=C(c2ccc(O)c(O)c2)Cc2c1c(O)cc(O[C@H]1O[C@H](CO)[C@@H](O)[C@H](O)[C@H]1O)c2-c1c(-c2ccc(O)cc2)oc2cc(O)cc(O)c2c1=O. The van der Waals surface area contributed by atoms with E-state index >= 15 is 0 Å². The minimum atomic E-state index is -1.95.